The smallest absolute Gasteiger partial charge is 0.337 e. The van der Waals surface area contributed by atoms with Gasteiger partial charge in [-0.05, 0) is 48.6 Å². The van der Waals surface area contributed by atoms with Crippen LogP contribution in [0, 0.1) is 5.92 Å². The summed E-state index contributed by atoms with van der Waals surface area (Å²) in [6, 6.07) is 15.1. The molecule has 0 unspecified atom stereocenters. The van der Waals surface area contributed by atoms with Crippen molar-refractivity contribution in [2.24, 2.45) is 5.92 Å². The highest BCUT2D eigenvalue weighted by atomic mass is 19.4. The Morgan fingerprint density at radius 3 is 2.32 bits per heavy atom. The number of hydrogen-bond acceptors (Lipinski definition) is 2. The highest BCUT2D eigenvalue weighted by Gasteiger charge is 2.37. The Balaban J connectivity index is 1.47. The van der Waals surface area contributed by atoms with Crippen LogP contribution in [0.2, 0.25) is 0 Å². The molecule has 5 rings (SSSR count). The molecule has 0 aliphatic carbocycles. The number of piperidine rings is 1. The molecule has 0 radical (unpaired) electrons. The predicted octanol–water partition coefficient (Wildman–Crippen LogP) is 4.44. The molecule has 2 atom stereocenters. The fourth-order valence-electron chi connectivity index (χ4n) is 4.34. The molecule has 3 nitrogen and oxygen atoms in total. The molecule has 0 spiro atoms. The first-order valence-electron chi connectivity index (χ1n) is 9.64. The van der Waals surface area contributed by atoms with Crippen molar-refractivity contribution in [2.45, 2.75) is 31.6 Å². The largest absolute Gasteiger partial charge is 0.416 e. The molecule has 0 N–H and O–H groups in total. The first-order valence-corrected chi connectivity index (χ1v) is 9.64. The lowest BCUT2D eigenvalue weighted by Gasteiger charge is -2.36. The number of carbonyl (C=O) groups is 1. The Kier molecular flexibility index (Phi) is 5.15. The van der Waals surface area contributed by atoms with Crippen LogP contribution in [-0.2, 0) is 12.7 Å². The second kappa shape index (κ2) is 7.59. The molecular weight excluding hydrogens is 365 g/mol. The molecule has 0 saturated carbocycles. The number of rotatable bonds is 3. The molecule has 0 aromatic heterocycles. The van der Waals surface area contributed by atoms with E-state index in [0.717, 1.165) is 38.1 Å². The van der Waals surface area contributed by atoms with Crippen LogP contribution in [0.3, 0.4) is 0 Å². The Bertz CT molecular complexity index is 820. The van der Waals surface area contributed by atoms with E-state index in [4.69, 9.17) is 0 Å². The summed E-state index contributed by atoms with van der Waals surface area (Å²) in [6.07, 6.45) is -2.25. The molecule has 2 bridgehead atoms. The number of nitrogens with zero attached hydrogens (tertiary/aromatic N) is 2. The van der Waals surface area contributed by atoms with E-state index >= 15 is 0 Å². The molecular formula is C22H23F3N2O. The third kappa shape index (κ3) is 4.07. The van der Waals surface area contributed by atoms with Crippen LogP contribution in [0.4, 0.5) is 13.2 Å². The molecule has 148 valence electrons. The molecule has 3 saturated heterocycles. The van der Waals surface area contributed by atoms with E-state index in [1.807, 2.05) is 23.1 Å². The number of benzene rings is 2. The lowest BCUT2D eigenvalue weighted by molar-refractivity contribution is -0.137. The van der Waals surface area contributed by atoms with Gasteiger partial charge in [-0.2, -0.15) is 13.2 Å². The van der Waals surface area contributed by atoms with Gasteiger partial charge in [-0.1, -0.05) is 30.3 Å². The summed E-state index contributed by atoms with van der Waals surface area (Å²) < 4.78 is 38.3. The summed E-state index contributed by atoms with van der Waals surface area (Å²) in [5.74, 6) is 0.230. The van der Waals surface area contributed by atoms with Gasteiger partial charge in [0.05, 0.1) is 5.56 Å². The summed E-state index contributed by atoms with van der Waals surface area (Å²) >= 11 is 0. The lowest BCUT2D eigenvalue weighted by Crippen LogP contribution is -2.43. The first kappa shape index (κ1) is 19.0. The van der Waals surface area contributed by atoms with Crippen LogP contribution in [0.15, 0.2) is 54.6 Å². The zero-order valence-electron chi connectivity index (χ0n) is 15.5. The van der Waals surface area contributed by atoms with Crippen molar-refractivity contribution in [3.63, 3.8) is 0 Å². The van der Waals surface area contributed by atoms with Crippen LogP contribution >= 0.6 is 0 Å². The second-order valence-electron chi connectivity index (χ2n) is 7.80. The molecule has 2 aromatic rings. The lowest BCUT2D eigenvalue weighted by atomic mass is 9.94. The molecule has 3 fully saturated rings. The maximum atomic E-state index is 12.9. The van der Waals surface area contributed by atoms with Crippen LogP contribution in [-0.4, -0.2) is 41.4 Å². The highest BCUT2D eigenvalue weighted by Crippen LogP contribution is 2.31. The highest BCUT2D eigenvalue weighted by molar-refractivity contribution is 5.94. The van der Waals surface area contributed by atoms with Crippen molar-refractivity contribution in [2.75, 3.05) is 19.6 Å². The van der Waals surface area contributed by atoms with E-state index in [1.165, 1.54) is 17.7 Å². The average Bonchev–Trinajstić information content (AvgIpc) is 2.99. The van der Waals surface area contributed by atoms with E-state index < -0.39 is 11.7 Å². The van der Waals surface area contributed by atoms with Gasteiger partial charge in [0, 0.05) is 37.8 Å². The topological polar surface area (TPSA) is 23.6 Å². The van der Waals surface area contributed by atoms with Crippen LogP contribution in [0.1, 0.15) is 34.3 Å². The summed E-state index contributed by atoms with van der Waals surface area (Å²) in [5, 5.41) is 0. The fourth-order valence-corrected chi connectivity index (χ4v) is 4.34. The average molecular weight is 388 g/mol. The number of amides is 1. The van der Waals surface area contributed by atoms with Gasteiger partial charge < -0.3 is 4.90 Å². The maximum Gasteiger partial charge on any atom is 0.416 e. The Labute approximate surface area is 162 Å². The van der Waals surface area contributed by atoms with Crippen molar-refractivity contribution < 1.29 is 18.0 Å². The second-order valence-corrected chi connectivity index (χ2v) is 7.80. The molecule has 3 aliphatic heterocycles. The van der Waals surface area contributed by atoms with Gasteiger partial charge >= 0.3 is 6.18 Å². The molecule has 3 heterocycles. The predicted molar refractivity (Wildman–Crippen MR) is 101 cm³/mol. The summed E-state index contributed by atoms with van der Waals surface area (Å²) in [4.78, 5) is 17.2. The SMILES string of the molecule is O=C(c1ccc(C(F)(F)F)cc1)N1C[C@H]2CC[C@@H](C1)N(Cc1ccccc1)C2. The number of alkyl halides is 3. The maximum absolute atomic E-state index is 12.9. The van der Waals surface area contributed by atoms with E-state index in [-0.39, 0.29) is 11.9 Å². The van der Waals surface area contributed by atoms with Gasteiger partial charge in [0.1, 0.15) is 0 Å². The van der Waals surface area contributed by atoms with Crippen molar-refractivity contribution in [3.05, 3.63) is 71.3 Å². The molecule has 1 amide bonds. The number of hydrogen-bond donors (Lipinski definition) is 0. The van der Waals surface area contributed by atoms with Gasteiger partial charge in [0.25, 0.3) is 5.91 Å². The zero-order valence-corrected chi connectivity index (χ0v) is 15.5. The molecule has 3 aliphatic rings. The minimum Gasteiger partial charge on any atom is -0.337 e. The number of fused-ring (bicyclic) bond motifs is 4. The van der Waals surface area contributed by atoms with Gasteiger partial charge in [0.2, 0.25) is 0 Å². The molecule has 6 heteroatoms. The van der Waals surface area contributed by atoms with Crippen LogP contribution in [0.25, 0.3) is 0 Å². The quantitative estimate of drug-likeness (QED) is 0.776. The van der Waals surface area contributed by atoms with E-state index in [9.17, 15) is 18.0 Å². The molecule has 28 heavy (non-hydrogen) atoms. The van der Waals surface area contributed by atoms with Crippen molar-refractivity contribution in [1.82, 2.24) is 9.80 Å². The van der Waals surface area contributed by atoms with E-state index in [2.05, 4.69) is 17.0 Å². The fraction of sp³-hybridized carbons (Fsp3) is 0.409. The standard InChI is InChI=1S/C22H23F3N2O/c23-22(24,25)19-9-7-18(8-10-19)21(28)27-14-17-6-11-20(15-27)26(13-17)12-16-4-2-1-3-5-16/h1-5,7-10,17,20H,6,11-15H2/t17-,20-/m0/s1. The van der Waals surface area contributed by atoms with Crippen LogP contribution in [0.5, 0.6) is 0 Å². The zero-order chi connectivity index (χ0) is 19.7. The number of carbonyl (C=O) groups excluding carboxylic acids is 1. The Hall–Kier alpha value is -2.34. The third-order valence-corrected chi connectivity index (χ3v) is 5.80. The summed E-state index contributed by atoms with van der Waals surface area (Å²) in [7, 11) is 0. The minimum atomic E-state index is -4.39. The summed E-state index contributed by atoms with van der Waals surface area (Å²) in [5.41, 5.74) is 0.855. The van der Waals surface area contributed by atoms with Gasteiger partial charge in [0.15, 0.2) is 0 Å². The number of halogens is 3. The van der Waals surface area contributed by atoms with Gasteiger partial charge in [-0.3, -0.25) is 9.69 Å². The Morgan fingerprint density at radius 1 is 0.929 bits per heavy atom. The van der Waals surface area contributed by atoms with E-state index in [1.54, 1.807) is 0 Å². The van der Waals surface area contributed by atoms with Crippen molar-refractivity contribution in [1.29, 1.82) is 0 Å². The first-order chi connectivity index (χ1) is 13.4. The van der Waals surface area contributed by atoms with Crippen molar-refractivity contribution >= 4 is 5.91 Å². The summed E-state index contributed by atoms with van der Waals surface area (Å²) in [6.45, 7) is 3.12. The van der Waals surface area contributed by atoms with E-state index in [0.29, 0.717) is 24.6 Å². The third-order valence-electron chi connectivity index (χ3n) is 5.80. The minimum absolute atomic E-state index is 0.174. The van der Waals surface area contributed by atoms with Crippen molar-refractivity contribution in [3.8, 4) is 0 Å². The molecule has 2 aromatic carbocycles. The monoisotopic (exact) mass is 388 g/mol. The van der Waals surface area contributed by atoms with Gasteiger partial charge in [-0.15, -0.1) is 0 Å². The van der Waals surface area contributed by atoms with Crippen LogP contribution < -0.4 is 0 Å². The normalized spacial score (nSPS) is 22.9. The van der Waals surface area contributed by atoms with Gasteiger partial charge in [-0.25, -0.2) is 0 Å². The Morgan fingerprint density at radius 2 is 1.64 bits per heavy atom.